The van der Waals surface area contributed by atoms with Crippen LogP contribution >= 0.6 is 11.3 Å². The van der Waals surface area contributed by atoms with Gasteiger partial charge in [-0.05, 0) is 48.3 Å². The summed E-state index contributed by atoms with van der Waals surface area (Å²) in [6.07, 6.45) is 4.36. The number of fused-ring (bicyclic) bond motifs is 1. The van der Waals surface area contributed by atoms with E-state index in [0.29, 0.717) is 22.2 Å². The normalized spacial score (nSPS) is 16.7. The minimum atomic E-state index is -0.395. The quantitative estimate of drug-likeness (QED) is 0.814. The molecule has 3 rings (SSSR count). The number of rotatable bonds is 3. The van der Waals surface area contributed by atoms with E-state index in [1.807, 2.05) is 0 Å². The fraction of sp³-hybridized carbons (Fsp3) is 0.450. The second-order valence-corrected chi connectivity index (χ2v) is 8.78. The Bertz CT molecular complexity index is 822. The molecule has 0 aromatic carbocycles. The second kappa shape index (κ2) is 7.19. The molecule has 5 nitrogen and oxygen atoms in total. The summed E-state index contributed by atoms with van der Waals surface area (Å²) in [6.45, 7) is 6.75. The first-order valence-electron chi connectivity index (χ1n) is 8.76. The van der Waals surface area contributed by atoms with E-state index in [2.05, 4.69) is 31.1 Å². The summed E-state index contributed by atoms with van der Waals surface area (Å²) >= 11 is 1.49. The summed E-state index contributed by atoms with van der Waals surface area (Å²) in [7, 11) is 1.37. The zero-order valence-corrected chi connectivity index (χ0v) is 16.4. The SMILES string of the molecule is COC(=O)c1c(NC(=O)c2ccccn2)sc2c1CCC(C(C)(C)C)C2. The van der Waals surface area contributed by atoms with Gasteiger partial charge in [0.2, 0.25) is 0 Å². The Balaban J connectivity index is 1.94. The molecule has 2 aromatic rings. The van der Waals surface area contributed by atoms with Crippen LogP contribution in [0.5, 0.6) is 0 Å². The predicted octanol–water partition coefficient (Wildman–Crippen LogP) is 4.33. The molecule has 1 amide bonds. The van der Waals surface area contributed by atoms with Crippen LogP contribution in [0.15, 0.2) is 24.4 Å². The molecule has 0 saturated carbocycles. The van der Waals surface area contributed by atoms with Crippen molar-refractivity contribution in [2.45, 2.75) is 40.0 Å². The van der Waals surface area contributed by atoms with Crippen LogP contribution in [0, 0.1) is 11.3 Å². The van der Waals surface area contributed by atoms with Gasteiger partial charge in [-0.25, -0.2) is 4.79 Å². The highest BCUT2D eigenvalue weighted by atomic mass is 32.1. The first-order valence-corrected chi connectivity index (χ1v) is 9.58. The number of hydrogen-bond donors (Lipinski definition) is 1. The number of esters is 1. The zero-order chi connectivity index (χ0) is 18.9. The Morgan fingerprint density at radius 1 is 1.31 bits per heavy atom. The summed E-state index contributed by atoms with van der Waals surface area (Å²) in [5.74, 6) is -0.159. The van der Waals surface area contributed by atoms with E-state index in [0.717, 1.165) is 24.8 Å². The smallest absolute Gasteiger partial charge is 0.341 e. The molecule has 26 heavy (non-hydrogen) atoms. The van der Waals surface area contributed by atoms with Crippen molar-refractivity contribution in [1.29, 1.82) is 0 Å². The second-order valence-electron chi connectivity index (χ2n) is 7.67. The van der Waals surface area contributed by atoms with Crippen molar-refractivity contribution in [3.8, 4) is 0 Å². The van der Waals surface area contributed by atoms with Gasteiger partial charge < -0.3 is 10.1 Å². The molecule has 1 N–H and O–H groups in total. The first-order chi connectivity index (χ1) is 12.3. The van der Waals surface area contributed by atoms with Gasteiger partial charge in [0.1, 0.15) is 10.7 Å². The molecule has 0 saturated heterocycles. The highest BCUT2D eigenvalue weighted by molar-refractivity contribution is 7.17. The Kier molecular flexibility index (Phi) is 5.14. The number of carbonyl (C=O) groups excluding carboxylic acids is 2. The number of nitrogens with one attached hydrogen (secondary N) is 1. The summed E-state index contributed by atoms with van der Waals surface area (Å²) in [4.78, 5) is 30.1. The van der Waals surface area contributed by atoms with Crippen LogP contribution in [0.1, 0.15) is 58.5 Å². The topological polar surface area (TPSA) is 68.3 Å². The maximum absolute atomic E-state index is 12.5. The predicted molar refractivity (Wildman–Crippen MR) is 103 cm³/mol. The fourth-order valence-corrected chi connectivity index (χ4v) is 4.71. The standard InChI is InChI=1S/C20H24N2O3S/c1-20(2,3)12-8-9-13-15(11-12)26-18(16(13)19(24)25-4)22-17(23)14-7-5-6-10-21-14/h5-7,10,12H,8-9,11H2,1-4H3,(H,22,23). The highest BCUT2D eigenvalue weighted by Gasteiger charge is 2.34. The number of aromatic nitrogens is 1. The molecule has 6 heteroatoms. The van der Waals surface area contributed by atoms with Crippen LogP contribution < -0.4 is 5.32 Å². The number of methoxy groups -OCH3 is 1. The molecule has 0 fully saturated rings. The van der Waals surface area contributed by atoms with Gasteiger partial charge in [0.25, 0.3) is 5.91 Å². The molecular weight excluding hydrogens is 348 g/mol. The van der Waals surface area contributed by atoms with Crippen LogP contribution in [-0.2, 0) is 17.6 Å². The van der Waals surface area contributed by atoms with E-state index >= 15 is 0 Å². The van der Waals surface area contributed by atoms with Crippen LogP contribution in [0.2, 0.25) is 0 Å². The van der Waals surface area contributed by atoms with Crippen LogP contribution in [0.3, 0.4) is 0 Å². The average Bonchev–Trinajstić information content (AvgIpc) is 2.98. The number of nitrogens with zero attached hydrogens (tertiary/aromatic N) is 1. The van der Waals surface area contributed by atoms with Gasteiger partial charge >= 0.3 is 5.97 Å². The molecule has 2 aromatic heterocycles. The van der Waals surface area contributed by atoms with E-state index < -0.39 is 5.97 Å². The van der Waals surface area contributed by atoms with Gasteiger partial charge in [-0.2, -0.15) is 0 Å². The zero-order valence-electron chi connectivity index (χ0n) is 15.6. The van der Waals surface area contributed by atoms with Crippen LogP contribution in [-0.4, -0.2) is 24.0 Å². The fourth-order valence-electron chi connectivity index (χ4n) is 3.40. The Morgan fingerprint density at radius 2 is 2.08 bits per heavy atom. The Labute approximate surface area is 157 Å². The largest absolute Gasteiger partial charge is 0.465 e. The van der Waals surface area contributed by atoms with Crippen molar-refractivity contribution in [3.05, 3.63) is 46.1 Å². The van der Waals surface area contributed by atoms with E-state index in [-0.39, 0.29) is 11.3 Å². The number of thiophene rings is 1. The highest BCUT2D eigenvalue weighted by Crippen LogP contribution is 2.44. The number of amides is 1. The van der Waals surface area contributed by atoms with Crippen molar-refractivity contribution in [1.82, 2.24) is 4.98 Å². The summed E-state index contributed by atoms with van der Waals surface area (Å²) in [5.41, 5.74) is 2.06. The minimum absolute atomic E-state index is 0.213. The molecule has 1 unspecified atom stereocenters. The third kappa shape index (κ3) is 3.65. The van der Waals surface area contributed by atoms with Gasteiger partial charge in [0.15, 0.2) is 0 Å². The van der Waals surface area contributed by atoms with Crippen LogP contribution in [0.4, 0.5) is 5.00 Å². The first kappa shape index (κ1) is 18.6. The van der Waals surface area contributed by atoms with Gasteiger partial charge in [-0.15, -0.1) is 11.3 Å². The maximum atomic E-state index is 12.5. The molecule has 1 atom stereocenters. The van der Waals surface area contributed by atoms with Crippen LogP contribution in [0.25, 0.3) is 0 Å². The van der Waals surface area contributed by atoms with Gasteiger partial charge in [-0.3, -0.25) is 9.78 Å². The number of anilines is 1. The molecule has 0 aliphatic heterocycles. The summed E-state index contributed by atoms with van der Waals surface area (Å²) in [5, 5.41) is 3.43. The molecule has 0 bridgehead atoms. The van der Waals surface area contributed by atoms with Crippen molar-refractivity contribution in [2.24, 2.45) is 11.3 Å². The van der Waals surface area contributed by atoms with E-state index in [1.165, 1.54) is 23.3 Å². The molecule has 138 valence electrons. The number of carbonyl (C=O) groups is 2. The molecule has 2 heterocycles. The third-order valence-corrected chi connectivity index (χ3v) is 6.17. The lowest BCUT2D eigenvalue weighted by atomic mass is 9.72. The third-order valence-electron chi connectivity index (χ3n) is 5.00. The molecule has 0 radical (unpaired) electrons. The van der Waals surface area contributed by atoms with Gasteiger partial charge in [0.05, 0.1) is 12.7 Å². The minimum Gasteiger partial charge on any atom is -0.465 e. The average molecular weight is 372 g/mol. The molecule has 0 spiro atoms. The number of ether oxygens (including phenoxy) is 1. The van der Waals surface area contributed by atoms with Crippen molar-refractivity contribution < 1.29 is 14.3 Å². The monoisotopic (exact) mass is 372 g/mol. The van der Waals surface area contributed by atoms with Crippen molar-refractivity contribution in [2.75, 3.05) is 12.4 Å². The van der Waals surface area contributed by atoms with Gasteiger partial charge in [0, 0.05) is 11.1 Å². The van der Waals surface area contributed by atoms with Crippen molar-refractivity contribution in [3.63, 3.8) is 0 Å². The number of hydrogen-bond acceptors (Lipinski definition) is 5. The Morgan fingerprint density at radius 3 is 2.69 bits per heavy atom. The lowest BCUT2D eigenvalue weighted by molar-refractivity contribution is 0.0600. The summed E-state index contributed by atoms with van der Waals surface area (Å²) < 4.78 is 4.98. The lowest BCUT2D eigenvalue weighted by Gasteiger charge is -2.33. The lowest BCUT2D eigenvalue weighted by Crippen LogP contribution is -2.26. The molecule has 1 aliphatic carbocycles. The van der Waals surface area contributed by atoms with Crippen molar-refractivity contribution >= 4 is 28.2 Å². The molecular formula is C20H24N2O3S. The number of pyridine rings is 1. The van der Waals surface area contributed by atoms with Gasteiger partial charge in [-0.1, -0.05) is 26.8 Å². The van der Waals surface area contributed by atoms with E-state index in [4.69, 9.17) is 4.74 Å². The summed E-state index contributed by atoms with van der Waals surface area (Å²) in [6, 6.07) is 5.17. The van der Waals surface area contributed by atoms with E-state index in [1.54, 1.807) is 24.4 Å². The van der Waals surface area contributed by atoms with E-state index in [9.17, 15) is 9.59 Å². The Hall–Kier alpha value is -2.21. The molecule has 1 aliphatic rings. The maximum Gasteiger partial charge on any atom is 0.341 e.